The molecule has 1 aromatic carbocycles. The number of halogens is 1. The van der Waals surface area contributed by atoms with Gasteiger partial charge in [-0.05, 0) is 61.5 Å². The molecule has 0 bridgehead atoms. The third kappa shape index (κ3) is 4.51. The number of hydrogen-bond donors (Lipinski definition) is 0. The van der Waals surface area contributed by atoms with Crippen molar-refractivity contribution in [3.05, 3.63) is 40.8 Å². The van der Waals surface area contributed by atoms with E-state index in [0.29, 0.717) is 27.7 Å². The maximum Gasteiger partial charge on any atom is 0.243 e. The lowest BCUT2D eigenvalue weighted by Crippen LogP contribution is -2.37. The Labute approximate surface area is 164 Å². The van der Waals surface area contributed by atoms with Crippen LogP contribution in [0.5, 0.6) is 11.6 Å². The second-order valence-corrected chi connectivity index (χ2v) is 8.62. The third-order valence-corrected chi connectivity index (χ3v) is 6.79. The van der Waals surface area contributed by atoms with Gasteiger partial charge in [0.2, 0.25) is 21.2 Å². The van der Waals surface area contributed by atoms with Crippen LogP contribution in [0.2, 0.25) is 5.28 Å². The molecule has 1 aliphatic rings. The van der Waals surface area contributed by atoms with Crippen molar-refractivity contribution in [1.82, 2.24) is 14.3 Å². The largest absolute Gasteiger partial charge is 0.497 e. The second-order valence-electron chi connectivity index (χ2n) is 6.45. The Hall–Kier alpha value is -1.90. The van der Waals surface area contributed by atoms with E-state index in [0.717, 1.165) is 12.8 Å². The Morgan fingerprint density at radius 1 is 1.26 bits per heavy atom. The van der Waals surface area contributed by atoms with E-state index in [-0.39, 0.29) is 24.5 Å². The molecule has 146 valence electrons. The summed E-state index contributed by atoms with van der Waals surface area (Å²) in [6.45, 7) is 3.98. The van der Waals surface area contributed by atoms with E-state index < -0.39 is 10.0 Å². The molecule has 1 aliphatic carbocycles. The Morgan fingerprint density at radius 3 is 2.48 bits per heavy atom. The first-order valence-electron chi connectivity index (χ1n) is 8.61. The average molecular weight is 412 g/mol. The van der Waals surface area contributed by atoms with Crippen LogP contribution in [0, 0.1) is 13.8 Å². The summed E-state index contributed by atoms with van der Waals surface area (Å²) in [4.78, 5) is 8.07. The number of sulfonamides is 1. The van der Waals surface area contributed by atoms with Crippen LogP contribution in [0.3, 0.4) is 0 Å². The minimum absolute atomic E-state index is 0.00786. The SMILES string of the molecule is COc1cc(C)c(S(=O)(=O)N(CCOc2ccnc(Cl)n2)C2CC2)c(C)c1. The molecule has 0 atom stereocenters. The summed E-state index contributed by atoms with van der Waals surface area (Å²) in [6.07, 6.45) is 3.20. The Morgan fingerprint density at radius 2 is 1.93 bits per heavy atom. The second kappa shape index (κ2) is 8.00. The zero-order valence-corrected chi connectivity index (χ0v) is 17.0. The first-order chi connectivity index (χ1) is 12.8. The number of rotatable bonds is 8. The quantitative estimate of drug-likeness (QED) is 0.621. The Kier molecular flexibility index (Phi) is 5.88. The lowest BCUT2D eigenvalue weighted by molar-refractivity contribution is 0.261. The van der Waals surface area contributed by atoms with Gasteiger partial charge in [-0.2, -0.15) is 9.29 Å². The molecule has 1 fully saturated rings. The molecule has 2 aromatic rings. The molecule has 1 aromatic heterocycles. The number of aromatic nitrogens is 2. The van der Waals surface area contributed by atoms with Gasteiger partial charge in [-0.15, -0.1) is 0 Å². The standard InChI is InChI=1S/C18H22ClN3O4S/c1-12-10-15(25-3)11-13(2)17(12)27(23,24)22(14-4-5-14)8-9-26-16-6-7-20-18(19)21-16/h6-7,10-11,14H,4-5,8-9H2,1-3H3. The predicted molar refractivity (Wildman–Crippen MR) is 102 cm³/mol. The molecule has 0 unspecified atom stereocenters. The van der Waals surface area contributed by atoms with E-state index in [1.165, 1.54) is 10.5 Å². The van der Waals surface area contributed by atoms with Gasteiger partial charge in [0.15, 0.2) is 0 Å². The van der Waals surface area contributed by atoms with Gasteiger partial charge >= 0.3 is 0 Å². The zero-order chi connectivity index (χ0) is 19.6. The fourth-order valence-corrected chi connectivity index (χ4v) is 5.28. The minimum atomic E-state index is -3.65. The first-order valence-corrected chi connectivity index (χ1v) is 10.4. The van der Waals surface area contributed by atoms with Crippen molar-refractivity contribution in [2.75, 3.05) is 20.3 Å². The zero-order valence-electron chi connectivity index (χ0n) is 15.5. The fourth-order valence-electron chi connectivity index (χ4n) is 3.05. The summed E-state index contributed by atoms with van der Waals surface area (Å²) < 4.78 is 39.0. The molecule has 1 saturated carbocycles. The van der Waals surface area contributed by atoms with Gasteiger partial charge in [0.05, 0.1) is 12.0 Å². The molecule has 0 aliphatic heterocycles. The lowest BCUT2D eigenvalue weighted by Gasteiger charge is -2.24. The van der Waals surface area contributed by atoms with Crippen molar-refractivity contribution in [2.45, 2.75) is 37.6 Å². The fraction of sp³-hybridized carbons (Fsp3) is 0.444. The number of methoxy groups -OCH3 is 1. The minimum Gasteiger partial charge on any atom is -0.497 e. The highest BCUT2D eigenvalue weighted by molar-refractivity contribution is 7.89. The molecule has 0 spiro atoms. The van der Waals surface area contributed by atoms with E-state index in [4.69, 9.17) is 21.1 Å². The third-order valence-electron chi connectivity index (χ3n) is 4.35. The van der Waals surface area contributed by atoms with E-state index in [1.54, 1.807) is 39.2 Å². The highest BCUT2D eigenvalue weighted by atomic mass is 35.5. The Bertz CT molecular complexity index is 909. The van der Waals surface area contributed by atoms with Crippen LogP contribution in [-0.4, -0.2) is 49.0 Å². The summed E-state index contributed by atoms with van der Waals surface area (Å²) >= 11 is 5.74. The highest BCUT2D eigenvalue weighted by Gasteiger charge is 2.39. The van der Waals surface area contributed by atoms with Crippen LogP contribution in [0.25, 0.3) is 0 Å². The number of ether oxygens (including phenoxy) is 2. The average Bonchev–Trinajstić information content (AvgIpc) is 3.42. The van der Waals surface area contributed by atoms with E-state index in [9.17, 15) is 8.42 Å². The summed E-state index contributed by atoms with van der Waals surface area (Å²) in [5, 5.41) is 0.0867. The number of nitrogens with zero attached hydrogens (tertiary/aromatic N) is 3. The molecule has 0 amide bonds. The van der Waals surface area contributed by atoms with Crippen LogP contribution in [-0.2, 0) is 10.0 Å². The van der Waals surface area contributed by atoms with Crippen LogP contribution >= 0.6 is 11.6 Å². The molecule has 0 radical (unpaired) electrons. The van der Waals surface area contributed by atoms with E-state index in [2.05, 4.69) is 9.97 Å². The summed E-state index contributed by atoms with van der Waals surface area (Å²) in [6, 6.07) is 5.07. The Balaban J connectivity index is 1.80. The molecule has 3 rings (SSSR count). The maximum absolute atomic E-state index is 13.3. The van der Waals surface area contributed by atoms with Gasteiger partial charge in [0, 0.05) is 24.8 Å². The van der Waals surface area contributed by atoms with Gasteiger partial charge in [-0.3, -0.25) is 0 Å². The molecule has 0 saturated heterocycles. The van der Waals surface area contributed by atoms with Gasteiger partial charge in [-0.25, -0.2) is 13.4 Å². The summed E-state index contributed by atoms with van der Waals surface area (Å²) in [5.41, 5.74) is 1.34. The summed E-state index contributed by atoms with van der Waals surface area (Å²) in [5.74, 6) is 0.964. The summed E-state index contributed by atoms with van der Waals surface area (Å²) in [7, 11) is -2.08. The van der Waals surface area contributed by atoms with Gasteiger partial charge in [0.25, 0.3) is 0 Å². The van der Waals surface area contributed by atoms with Crippen molar-refractivity contribution in [1.29, 1.82) is 0 Å². The highest BCUT2D eigenvalue weighted by Crippen LogP contribution is 2.35. The van der Waals surface area contributed by atoms with Crippen LogP contribution in [0.1, 0.15) is 24.0 Å². The van der Waals surface area contributed by atoms with Crippen molar-refractivity contribution in [3.8, 4) is 11.6 Å². The van der Waals surface area contributed by atoms with Crippen LogP contribution in [0.4, 0.5) is 0 Å². The molecule has 9 heteroatoms. The molecule has 7 nitrogen and oxygen atoms in total. The van der Waals surface area contributed by atoms with Crippen molar-refractivity contribution in [2.24, 2.45) is 0 Å². The molecule has 1 heterocycles. The monoisotopic (exact) mass is 411 g/mol. The number of aryl methyl sites for hydroxylation is 2. The predicted octanol–water partition coefficient (Wildman–Crippen LogP) is 2.99. The van der Waals surface area contributed by atoms with Gasteiger partial charge < -0.3 is 9.47 Å². The maximum atomic E-state index is 13.3. The normalized spacial score (nSPS) is 14.4. The molecular weight excluding hydrogens is 390 g/mol. The number of hydrogen-bond acceptors (Lipinski definition) is 6. The van der Waals surface area contributed by atoms with Crippen LogP contribution in [0.15, 0.2) is 29.3 Å². The van der Waals surface area contributed by atoms with E-state index >= 15 is 0 Å². The van der Waals surface area contributed by atoms with Crippen LogP contribution < -0.4 is 9.47 Å². The smallest absolute Gasteiger partial charge is 0.243 e. The van der Waals surface area contributed by atoms with Crippen molar-refractivity contribution in [3.63, 3.8) is 0 Å². The van der Waals surface area contributed by atoms with Gasteiger partial charge in [-0.1, -0.05) is 0 Å². The lowest BCUT2D eigenvalue weighted by atomic mass is 10.1. The van der Waals surface area contributed by atoms with Gasteiger partial charge in [0.1, 0.15) is 12.4 Å². The molecule has 27 heavy (non-hydrogen) atoms. The van der Waals surface area contributed by atoms with Crippen molar-refractivity contribution >= 4 is 21.6 Å². The molecule has 0 N–H and O–H groups in total. The topological polar surface area (TPSA) is 81.6 Å². The number of benzene rings is 1. The van der Waals surface area contributed by atoms with E-state index in [1.807, 2.05) is 0 Å². The molecular formula is C18H22ClN3O4S. The first kappa shape index (κ1) is 19.9. The van der Waals surface area contributed by atoms with Crippen molar-refractivity contribution < 1.29 is 17.9 Å².